The van der Waals surface area contributed by atoms with E-state index in [1.165, 1.54) is 0 Å². The van der Waals surface area contributed by atoms with Crippen LogP contribution >= 0.6 is 11.8 Å². The molecule has 1 unspecified atom stereocenters. The minimum atomic E-state index is 0.172. The zero-order valence-electron chi connectivity index (χ0n) is 7.09. The summed E-state index contributed by atoms with van der Waals surface area (Å²) in [6, 6.07) is 3.91. The molecule has 1 saturated heterocycles. The van der Waals surface area contributed by atoms with E-state index in [0.29, 0.717) is 0 Å². The molecule has 0 N–H and O–H groups in total. The van der Waals surface area contributed by atoms with Gasteiger partial charge in [-0.05, 0) is 6.07 Å². The molecule has 68 valence electrons. The summed E-state index contributed by atoms with van der Waals surface area (Å²) >= 11 is 1.78. The summed E-state index contributed by atoms with van der Waals surface area (Å²) in [6.07, 6.45) is 4.48. The van der Waals surface area contributed by atoms with Gasteiger partial charge in [0.25, 0.3) is 0 Å². The molecular weight excluding hydrogens is 184 g/mol. The molecule has 0 aromatic carbocycles. The number of thioether (sulfide) groups is 1. The molecule has 3 nitrogen and oxygen atoms in total. The highest BCUT2D eigenvalue weighted by Gasteiger charge is 2.24. The number of aromatic nitrogens is 1. The second-order valence-corrected chi connectivity index (χ2v) is 4.04. The van der Waals surface area contributed by atoms with Crippen molar-refractivity contribution in [2.24, 2.45) is 0 Å². The Bertz CT molecular complexity index is 291. The van der Waals surface area contributed by atoms with Gasteiger partial charge in [0, 0.05) is 30.3 Å². The van der Waals surface area contributed by atoms with Crippen LogP contribution in [0.3, 0.4) is 0 Å². The number of amides is 1. The molecule has 13 heavy (non-hydrogen) atoms. The number of carbonyl (C=O) groups excluding carboxylic acids is 1. The second kappa shape index (κ2) is 3.79. The standard InChI is InChI=1S/C9H10N2OS/c12-7-11-4-5-13-9(11)8-2-1-3-10-6-8/h1-3,6-7,9H,4-5H2. The van der Waals surface area contributed by atoms with E-state index in [-0.39, 0.29) is 5.37 Å². The maximum atomic E-state index is 10.7. The zero-order valence-corrected chi connectivity index (χ0v) is 7.91. The lowest BCUT2D eigenvalue weighted by Crippen LogP contribution is -2.20. The van der Waals surface area contributed by atoms with Gasteiger partial charge in [-0.15, -0.1) is 11.8 Å². The molecule has 1 fully saturated rings. The first-order valence-corrected chi connectivity index (χ1v) is 5.19. The quantitative estimate of drug-likeness (QED) is 0.665. The molecule has 0 radical (unpaired) electrons. The molecule has 0 saturated carbocycles. The first kappa shape index (κ1) is 8.56. The van der Waals surface area contributed by atoms with E-state index in [1.54, 1.807) is 18.0 Å². The highest BCUT2D eigenvalue weighted by Crippen LogP contribution is 2.35. The minimum absolute atomic E-state index is 0.172. The highest BCUT2D eigenvalue weighted by molar-refractivity contribution is 7.99. The van der Waals surface area contributed by atoms with E-state index in [2.05, 4.69) is 4.98 Å². The van der Waals surface area contributed by atoms with Crippen LogP contribution < -0.4 is 0 Å². The van der Waals surface area contributed by atoms with Crippen LogP contribution in [0.2, 0.25) is 0 Å². The fraction of sp³-hybridized carbons (Fsp3) is 0.333. The van der Waals surface area contributed by atoms with E-state index >= 15 is 0 Å². The van der Waals surface area contributed by atoms with Crippen molar-refractivity contribution in [3.05, 3.63) is 30.1 Å². The monoisotopic (exact) mass is 194 g/mol. The maximum absolute atomic E-state index is 10.7. The number of hydrogen-bond donors (Lipinski definition) is 0. The van der Waals surface area contributed by atoms with Gasteiger partial charge in [-0.2, -0.15) is 0 Å². The summed E-state index contributed by atoms with van der Waals surface area (Å²) in [4.78, 5) is 16.5. The lowest BCUT2D eigenvalue weighted by Gasteiger charge is -2.18. The van der Waals surface area contributed by atoms with Crippen LogP contribution in [-0.2, 0) is 4.79 Å². The molecule has 2 rings (SSSR count). The van der Waals surface area contributed by atoms with Gasteiger partial charge in [0.2, 0.25) is 6.41 Å². The number of carbonyl (C=O) groups is 1. The lowest BCUT2D eigenvalue weighted by atomic mass is 10.3. The van der Waals surface area contributed by atoms with Crippen molar-refractivity contribution >= 4 is 18.2 Å². The van der Waals surface area contributed by atoms with Crippen molar-refractivity contribution < 1.29 is 4.79 Å². The van der Waals surface area contributed by atoms with Gasteiger partial charge >= 0.3 is 0 Å². The van der Waals surface area contributed by atoms with Crippen molar-refractivity contribution in [3.8, 4) is 0 Å². The van der Waals surface area contributed by atoms with Gasteiger partial charge in [-0.3, -0.25) is 9.78 Å². The SMILES string of the molecule is O=CN1CCSC1c1cccnc1. The van der Waals surface area contributed by atoms with Crippen LogP contribution in [0.1, 0.15) is 10.9 Å². The van der Waals surface area contributed by atoms with E-state index < -0.39 is 0 Å². The molecule has 4 heteroatoms. The first-order valence-electron chi connectivity index (χ1n) is 4.14. The molecule has 1 aliphatic rings. The highest BCUT2D eigenvalue weighted by atomic mass is 32.2. The minimum Gasteiger partial charge on any atom is -0.328 e. The Morgan fingerprint density at radius 2 is 2.62 bits per heavy atom. The molecule has 2 heterocycles. The first-order chi connectivity index (χ1) is 6.42. The third-order valence-electron chi connectivity index (χ3n) is 2.03. The largest absolute Gasteiger partial charge is 0.328 e. The molecule has 0 spiro atoms. The van der Waals surface area contributed by atoms with Gasteiger partial charge < -0.3 is 4.90 Å². The molecule has 1 aliphatic heterocycles. The molecule has 1 atom stereocenters. The number of hydrogen-bond acceptors (Lipinski definition) is 3. The van der Waals surface area contributed by atoms with Crippen LogP contribution in [0.15, 0.2) is 24.5 Å². The Labute approximate surface area is 81.1 Å². The molecule has 1 aromatic heterocycles. The van der Waals surface area contributed by atoms with Crippen molar-refractivity contribution in [2.45, 2.75) is 5.37 Å². The summed E-state index contributed by atoms with van der Waals surface area (Å²) in [6.45, 7) is 0.841. The summed E-state index contributed by atoms with van der Waals surface area (Å²) in [5, 5.41) is 0.172. The number of nitrogens with zero attached hydrogens (tertiary/aromatic N) is 2. The van der Waals surface area contributed by atoms with Crippen LogP contribution in [0.25, 0.3) is 0 Å². The average molecular weight is 194 g/mol. The molecular formula is C9H10N2OS. The molecule has 1 aromatic rings. The summed E-state index contributed by atoms with van der Waals surface area (Å²) in [5.41, 5.74) is 1.11. The van der Waals surface area contributed by atoms with Crippen LogP contribution in [0.4, 0.5) is 0 Å². The molecule has 0 bridgehead atoms. The predicted molar refractivity (Wildman–Crippen MR) is 52.2 cm³/mol. The third kappa shape index (κ3) is 1.67. The zero-order chi connectivity index (χ0) is 9.10. The van der Waals surface area contributed by atoms with E-state index in [1.807, 2.05) is 23.2 Å². The van der Waals surface area contributed by atoms with E-state index in [9.17, 15) is 4.79 Å². The van der Waals surface area contributed by atoms with Crippen LogP contribution in [0, 0.1) is 0 Å². The summed E-state index contributed by atoms with van der Waals surface area (Å²) in [7, 11) is 0. The topological polar surface area (TPSA) is 33.2 Å². The Morgan fingerprint density at radius 1 is 1.69 bits per heavy atom. The Morgan fingerprint density at radius 3 is 3.31 bits per heavy atom. The van der Waals surface area contributed by atoms with Gasteiger partial charge in [0.05, 0.1) is 0 Å². The van der Waals surface area contributed by atoms with E-state index in [0.717, 1.165) is 24.3 Å². The van der Waals surface area contributed by atoms with Gasteiger partial charge in [-0.25, -0.2) is 0 Å². The Balaban J connectivity index is 2.21. The van der Waals surface area contributed by atoms with Gasteiger partial charge in [0.1, 0.15) is 5.37 Å². The smallest absolute Gasteiger partial charge is 0.210 e. The lowest BCUT2D eigenvalue weighted by molar-refractivity contribution is -0.118. The second-order valence-electron chi connectivity index (χ2n) is 2.85. The van der Waals surface area contributed by atoms with Crippen molar-refractivity contribution in [1.82, 2.24) is 9.88 Å². The fourth-order valence-electron chi connectivity index (χ4n) is 1.40. The number of rotatable bonds is 2. The van der Waals surface area contributed by atoms with E-state index in [4.69, 9.17) is 0 Å². The Hall–Kier alpha value is -1.03. The third-order valence-corrected chi connectivity index (χ3v) is 3.31. The van der Waals surface area contributed by atoms with Crippen LogP contribution in [0.5, 0.6) is 0 Å². The summed E-state index contributed by atoms with van der Waals surface area (Å²) < 4.78 is 0. The van der Waals surface area contributed by atoms with Crippen molar-refractivity contribution in [2.75, 3.05) is 12.3 Å². The van der Waals surface area contributed by atoms with Gasteiger partial charge in [-0.1, -0.05) is 6.07 Å². The van der Waals surface area contributed by atoms with Crippen LogP contribution in [-0.4, -0.2) is 28.6 Å². The average Bonchev–Trinajstić information content (AvgIpc) is 2.67. The molecule has 0 aliphatic carbocycles. The Kier molecular flexibility index (Phi) is 2.49. The fourth-order valence-corrected chi connectivity index (χ4v) is 2.62. The van der Waals surface area contributed by atoms with Crippen molar-refractivity contribution in [1.29, 1.82) is 0 Å². The van der Waals surface area contributed by atoms with Crippen molar-refractivity contribution in [3.63, 3.8) is 0 Å². The normalized spacial score (nSPS) is 21.8. The molecule has 1 amide bonds. The van der Waals surface area contributed by atoms with Gasteiger partial charge in [0.15, 0.2) is 0 Å². The summed E-state index contributed by atoms with van der Waals surface area (Å²) in [5.74, 6) is 1.01. The number of pyridine rings is 1. The predicted octanol–water partition coefficient (Wildman–Crippen LogP) is 1.29. The maximum Gasteiger partial charge on any atom is 0.210 e.